The van der Waals surface area contributed by atoms with Gasteiger partial charge in [-0.1, -0.05) is 0 Å². The predicted molar refractivity (Wildman–Crippen MR) is 43.3 cm³/mol. The van der Waals surface area contributed by atoms with E-state index < -0.39 is 11.7 Å². The number of halogens is 2. The topological polar surface area (TPSA) is 33.1 Å². The largest absolute Gasteiger partial charge is 0.504 e. The molecule has 0 saturated heterocycles. The molecule has 1 rings (SSSR count). The van der Waals surface area contributed by atoms with Crippen molar-refractivity contribution in [3.05, 3.63) is 21.3 Å². The fourth-order valence-electron chi connectivity index (χ4n) is 0.556. The molecule has 1 heterocycles. The number of nitrogens with zero attached hydrogens (tertiary/aromatic N) is 1. The molecule has 0 aliphatic carbocycles. The second-order valence-electron chi connectivity index (χ2n) is 1.91. The molecule has 0 fully saturated rings. The van der Waals surface area contributed by atoms with Crippen molar-refractivity contribution >= 4 is 22.6 Å². The normalized spacial score (nSPS) is 9.90. The van der Waals surface area contributed by atoms with Crippen LogP contribution < -0.4 is 0 Å². The monoisotopic (exact) mass is 253 g/mol. The van der Waals surface area contributed by atoms with Crippen LogP contribution in [0.3, 0.4) is 0 Å². The van der Waals surface area contributed by atoms with E-state index in [0.29, 0.717) is 3.70 Å². The summed E-state index contributed by atoms with van der Waals surface area (Å²) in [5, 5.41) is 8.78. The molecule has 1 N–H and O–H groups in total. The third-order valence-electron chi connectivity index (χ3n) is 1.09. The van der Waals surface area contributed by atoms with Crippen molar-refractivity contribution < 1.29 is 9.50 Å². The highest BCUT2D eigenvalue weighted by atomic mass is 127. The quantitative estimate of drug-likeness (QED) is 0.565. The van der Waals surface area contributed by atoms with Gasteiger partial charge in [0.25, 0.3) is 5.95 Å². The number of pyridine rings is 1. The molecule has 0 unspecified atom stereocenters. The van der Waals surface area contributed by atoms with E-state index in [1.807, 2.05) is 22.6 Å². The zero-order valence-corrected chi connectivity index (χ0v) is 7.39. The van der Waals surface area contributed by atoms with Crippen molar-refractivity contribution in [2.24, 2.45) is 0 Å². The van der Waals surface area contributed by atoms with Crippen LogP contribution in [-0.2, 0) is 0 Å². The molecule has 0 spiro atoms. The summed E-state index contributed by atoms with van der Waals surface area (Å²) in [4.78, 5) is 3.44. The first kappa shape index (κ1) is 7.71. The van der Waals surface area contributed by atoms with E-state index in [1.165, 1.54) is 6.07 Å². The number of hydrogen-bond donors (Lipinski definition) is 1. The molecule has 2 nitrogen and oxygen atoms in total. The SMILES string of the molecule is Cc1cc(O)c(F)nc1I. The number of rotatable bonds is 0. The van der Waals surface area contributed by atoms with E-state index in [1.54, 1.807) is 6.92 Å². The highest BCUT2D eigenvalue weighted by Gasteiger charge is 2.04. The minimum absolute atomic E-state index is 0.391. The van der Waals surface area contributed by atoms with Crippen LogP contribution >= 0.6 is 22.6 Å². The van der Waals surface area contributed by atoms with Crippen LogP contribution in [0.4, 0.5) is 4.39 Å². The maximum Gasteiger partial charge on any atom is 0.256 e. The van der Waals surface area contributed by atoms with Crippen molar-refractivity contribution in [2.75, 3.05) is 0 Å². The molecule has 0 amide bonds. The highest BCUT2D eigenvalue weighted by Crippen LogP contribution is 2.17. The molecule has 1 aromatic heterocycles. The highest BCUT2D eigenvalue weighted by molar-refractivity contribution is 14.1. The van der Waals surface area contributed by atoms with Crippen molar-refractivity contribution in [3.8, 4) is 5.75 Å². The van der Waals surface area contributed by atoms with Crippen LogP contribution in [0.2, 0.25) is 0 Å². The van der Waals surface area contributed by atoms with Crippen molar-refractivity contribution in [2.45, 2.75) is 6.92 Å². The van der Waals surface area contributed by atoms with Crippen molar-refractivity contribution in [1.29, 1.82) is 0 Å². The lowest BCUT2D eigenvalue weighted by molar-refractivity contribution is 0.417. The zero-order valence-electron chi connectivity index (χ0n) is 5.23. The van der Waals surface area contributed by atoms with Crippen LogP contribution in [-0.4, -0.2) is 10.1 Å². The van der Waals surface area contributed by atoms with Gasteiger partial charge in [0.15, 0.2) is 5.75 Å². The number of aromatic hydroxyl groups is 1. The Morgan fingerprint density at radius 2 is 2.30 bits per heavy atom. The average molecular weight is 253 g/mol. The van der Waals surface area contributed by atoms with E-state index in [4.69, 9.17) is 5.11 Å². The molecule has 0 aromatic carbocycles. The number of hydrogen-bond acceptors (Lipinski definition) is 2. The van der Waals surface area contributed by atoms with Gasteiger partial charge in [-0.2, -0.15) is 4.39 Å². The predicted octanol–water partition coefficient (Wildman–Crippen LogP) is 1.84. The summed E-state index contributed by atoms with van der Waals surface area (Å²) >= 11 is 1.90. The molecule has 0 bridgehead atoms. The van der Waals surface area contributed by atoms with Crippen LogP contribution in [0.25, 0.3) is 0 Å². The van der Waals surface area contributed by atoms with Gasteiger partial charge in [-0.15, -0.1) is 0 Å². The lowest BCUT2D eigenvalue weighted by Gasteiger charge is -1.97. The van der Waals surface area contributed by atoms with Crippen LogP contribution in [0.1, 0.15) is 5.56 Å². The Hall–Kier alpha value is -0.390. The Balaban J connectivity index is 3.28. The Kier molecular flexibility index (Phi) is 2.08. The van der Waals surface area contributed by atoms with Gasteiger partial charge in [0.05, 0.1) is 0 Å². The summed E-state index contributed by atoms with van der Waals surface area (Å²) in [6, 6.07) is 1.35. The molecular formula is C6H5FINO. The number of aromatic nitrogens is 1. The fourth-order valence-corrected chi connectivity index (χ4v) is 0.923. The summed E-state index contributed by atoms with van der Waals surface area (Å²) in [5.74, 6) is -1.20. The van der Waals surface area contributed by atoms with E-state index in [2.05, 4.69) is 4.98 Å². The van der Waals surface area contributed by atoms with Gasteiger partial charge in [-0.3, -0.25) is 0 Å². The minimum Gasteiger partial charge on any atom is -0.504 e. The molecule has 0 atom stereocenters. The van der Waals surface area contributed by atoms with Gasteiger partial charge >= 0.3 is 0 Å². The summed E-state index contributed by atoms with van der Waals surface area (Å²) in [7, 11) is 0. The van der Waals surface area contributed by atoms with Gasteiger partial charge in [-0.25, -0.2) is 4.98 Å². The van der Waals surface area contributed by atoms with Crippen LogP contribution in [0.15, 0.2) is 6.07 Å². The van der Waals surface area contributed by atoms with Gasteiger partial charge in [-0.05, 0) is 41.1 Å². The van der Waals surface area contributed by atoms with Crippen LogP contribution in [0, 0.1) is 16.6 Å². The first-order chi connectivity index (χ1) is 4.61. The molecule has 0 radical (unpaired) electrons. The first-order valence-electron chi connectivity index (χ1n) is 2.63. The Labute approximate surface area is 71.2 Å². The fraction of sp³-hybridized carbons (Fsp3) is 0.167. The third-order valence-corrected chi connectivity index (χ3v) is 2.18. The lowest BCUT2D eigenvalue weighted by Crippen LogP contribution is -1.90. The molecule has 1 aromatic rings. The van der Waals surface area contributed by atoms with E-state index in [-0.39, 0.29) is 0 Å². The van der Waals surface area contributed by atoms with Gasteiger partial charge in [0.1, 0.15) is 3.70 Å². The molecule has 54 valence electrons. The van der Waals surface area contributed by atoms with Gasteiger partial charge in [0, 0.05) is 0 Å². The maximum atomic E-state index is 12.4. The second kappa shape index (κ2) is 2.69. The maximum absolute atomic E-state index is 12.4. The van der Waals surface area contributed by atoms with E-state index >= 15 is 0 Å². The Morgan fingerprint density at radius 1 is 1.70 bits per heavy atom. The molecule has 0 aliphatic heterocycles. The molecule has 10 heavy (non-hydrogen) atoms. The first-order valence-corrected chi connectivity index (χ1v) is 3.70. The van der Waals surface area contributed by atoms with Crippen molar-refractivity contribution in [1.82, 2.24) is 4.98 Å². The smallest absolute Gasteiger partial charge is 0.256 e. The van der Waals surface area contributed by atoms with Crippen LogP contribution in [0.5, 0.6) is 5.75 Å². The summed E-state index contributed by atoms with van der Waals surface area (Å²) in [5.41, 5.74) is 0.777. The van der Waals surface area contributed by atoms with Gasteiger partial charge < -0.3 is 5.11 Å². The minimum atomic E-state index is -0.810. The van der Waals surface area contributed by atoms with E-state index in [0.717, 1.165) is 5.56 Å². The van der Waals surface area contributed by atoms with Crippen molar-refractivity contribution in [3.63, 3.8) is 0 Å². The third kappa shape index (κ3) is 1.36. The molecule has 0 aliphatic rings. The number of aryl methyl sites for hydroxylation is 1. The zero-order chi connectivity index (χ0) is 7.72. The second-order valence-corrected chi connectivity index (χ2v) is 2.93. The standard InChI is InChI=1S/C6H5FINO/c1-3-2-4(10)5(7)9-6(3)8/h2,10H,1H3. The summed E-state index contributed by atoms with van der Waals surface area (Å²) in [6.07, 6.45) is 0. The summed E-state index contributed by atoms with van der Waals surface area (Å²) < 4.78 is 13.0. The Bertz CT molecular complexity index is 214. The molecule has 4 heteroatoms. The molecular weight excluding hydrogens is 248 g/mol. The lowest BCUT2D eigenvalue weighted by atomic mass is 10.3. The Morgan fingerprint density at radius 3 is 2.80 bits per heavy atom. The van der Waals surface area contributed by atoms with E-state index in [9.17, 15) is 4.39 Å². The summed E-state index contributed by atoms with van der Waals surface area (Å²) in [6.45, 7) is 1.76. The average Bonchev–Trinajstić information content (AvgIpc) is 1.84. The molecule has 0 saturated carbocycles. The van der Waals surface area contributed by atoms with Gasteiger partial charge in [0.2, 0.25) is 0 Å².